The summed E-state index contributed by atoms with van der Waals surface area (Å²) in [5, 5.41) is 0. The van der Waals surface area contributed by atoms with E-state index in [0.29, 0.717) is 11.8 Å². The third-order valence-corrected chi connectivity index (χ3v) is 2.91. The van der Waals surface area contributed by atoms with Gasteiger partial charge in [0.15, 0.2) is 6.29 Å². The molecule has 2 nitrogen and oxygen atoms in total. The lowest BCUT2D eigenvalue weighted by molar-refractivity contribution is -0.147. The van der Waals surface area contributed by atoms with Crippen LogP contribution in [0.1, 0.15) is 26.7 Å². The highest BCUT2D eigenvalue weighted by Gasteiger charge is 2.27. The van der Waals surface area contributed by atoms with Gasteiger partial charge in [0, 0.05) is 20.1 Å². The van der Waals surface area contributed by atoms with Crippen LogP contribution in [-0.2, 0) is 9.47 Å². The summed E-state index contributed by atoms with van der Waals surface area (Å²) in [5.74, 6) is 1.08. The molecule has 0 saturated heterocycles. The summed E-state index contributed by atoms with van der Waals surface area (Å²) >= 11 is 0. The van der Waals surface area contributed by atoms with E-state index >= 15 is 0 Å². The number of hydrogen-bond donors (Lipinski definition) is 0. The molecule has 13 heavy (non-hydrogen) atoms. The standard InChI is InChI=1S/C11H20O2/c1-8-5-6-10(9(2)7-8)11(12-3)13-4/h7,9-11H,5-6H2,1-4H3/t9-,10+/m1/s1. The molecule has 2 heteroatoms. The lowest BCUT2D eigenvalue weighted by atomic mass is 9.82. The van der Waals surface area contributed by atoms with Gasteiger partial charge >= 0.3 is 0 Å². The van der Waals surface area contributed by atoms with Crippen LogP contribution in [0.4, 0.5) is 0 Å². The summed E-state index contributed by atoms with van der Waals surface area (Å²) < 4.78 is 10.6. The maximum Gasteiger partial charge on any atom is 0.160 e. The van der Waals surface area contributed by atoms with E-state index in [1.54, 1.807) is 14.2 Å². The van der Waals surface area contributed by atoms with Crippen LogP contribution in [0.5, 0.6) is 0 Å². The van der Waals surface area contributed by atoms with Crippen LogP contribution in [0, 0.1) is 11.8 Å². The Kier molecular flexibility index (Phi) is 3.94. The van der Waals surface area contributed by atoms with Gasteiger partial charge < -0.3 is 9.47 Å². The normalized spacial score (nSPS) is 29.2. The quantitative estimate of drug-likeness (QED) is 0.496. The van der Waals surface area contributed by atoms with Crippen molar-refractivity contribution in [2.24, 2.45) is 11.8 Å². The summed E-state index contributed by atoms with van der Waals surface area (Å²) in [7, 11) is 3.43. The molecule has 0 aromatic rings. The van der Waals surface area contributed by atoms with Crippen LogP contribution < -0.4 is 0 Å². The molecular weight excluding hydrogens is 164 g/mol. The van der Waals surface area contributed by atoms with Crippen LogP contribution >= 0.6 is 0 Å². The van der Waals surface area contributed by atoms with Crippen LogP contribution in [0.3, 0.4) is 0 Å². The van der Waals surface area contributed by atoms with E-state index in [1.807, 2.05) is 0 Å². The van der Waals surface area contributed by atoms with Crippen molar-refractivity contribution in [2.75, 3.05) is 14.2 Å². The van der Waals surface area contributed by atoms with E-state index < -0.39 is 0 Å². The molecule has 0 bridgehead atoms. The lowest BCUT2D eigenvalue weighted by Crippen LogP contribution is -2.31. The summed E-state index contributed by atoms with van der Waals surface area (Å²) in [4.78, 5) is 0. The van der Waals surface area contributed by atoms with Crippen LogP contribution in [-0.4, -0.2) is 20.5 Å². The topological polar surface area (TPSA) is 18.5 Å². The third-order valence-electron chi connectivity index (χ3n) is 2.91. The first-order chi connectivity index (χ1) is 6.19. The molecule has 1 aliphatic carbocycles. The molecule has 0 fully saturated rings. The zero-order chi connectivity index (χ0) is 9.84. The minimum Gasteiger partial charge on any atom is -0.356 e. The van der Waals surface area contributed by atoms with Gasteiger partial charge in [-0.3, -0.25) is 0 Å². The van der Waals surface area contributed by atoms with Crippen LogP contribution in [0.15, 0.2) is 11.6 Å². The van der Waals surface area contributed by atoms with E-state index in [2.05, 4.69) is 19.9 Å². The molecule has 0 aromatic carbocycles. The Morgan fingerprint density at radius 3 is 2.46 bits per heavy atom. The Hall–Kier alpha value is -0.340. The third kappa shape index (κ3) is 2.55. The molecule has 0 saturated carbocycles. The van der Waals surface area contributed by atoms with Gasteiger partial charge in [-0.1, -0.05) is 18.6 Å². The average molecular weight is 184 g/mol. The average Bonchev–Trinajstić information content (AvgIpc) is 2.10. The molecule has 0 radical (unpaired) electrons. The Labute approximate surface area is 80.9 Å². The molecule has 76 valence electrons. The van der Waals surface area contributed by atoms with E-state index in [1.165, 1.54) is 18.4 Å². The van der Waals surface area contributed by atoms with Gasteiger partial charge in [0.25, 0.3) is 0 Å². The number of allylic oxidation sites excluding steroid dienone is 2. The predicted octanol–water partition coefficient (Wildman–Crippen LogP) is 2.60. The van der Waals surface area contributed by atoms with Crippen molar-refractivity contribution in [2.45, 2.75) is 33.0 Å². The number of rotatable bonds is 3. The second-order valence-corrected chi connectivity index (χ2v) is 3.91. The van der Waals surface area contributed by atoms with Gasteiger partial charge in [0.1, 0.15) is 0 Å². The molecule has 0 aliphatic heterocycles. The maximum atomic E-state index is 5.29. The molecule has 0 N–H and O–H groups in total. The number of methoxy groups -OCH3 is 2. The fourth-order valence-corrected chi connectivity index (χ4v) is 2.14. The second kappa shape index (κ2) is 4.77. The fourth-order valence-electron chi connectivity index (χ4n) is 2.14. The first-order valence-electron chi connectivity index (χ1n) is 4.92. The lowest BCUT2D eigenvalue weighted by Gasteiger charge is -2.31. The molecule has 0 heterocycles. The highest BCUT2D eigenvalue weighted by atomic mass is 16.7. The summed E-state index contributed by atoms with van der Waals surface area (Å²) in [6.07, 6.45) is 4.65. The molecular formula is C11H20O2. The Bertz CT molecular complexity index is 183. The van der Waals surface area contributed by atoms with Gasteiger partial charge in [-0.2, -0.15) is 0 Å². The van der Waals surface area contributed by atoms with E-state index in [-0.39, 0.29) is 6.29 Å². The molecule has 0 amide bonds. The highest BCUT2D eigenvalue weighted by Crippen LogP contribution is 2.31. The Morgan fingerprint density at radius 1 is 1.38 bits per heavy atom. The summed E-state index contributed by atoms with van der Waals surface area (Å²) in [6.45, 7) is 4.43. The van der Waals surface area contributed by atoms with Crippen molar-refractivity contribution in [1.29, 1.82) is 0 Å². The molecule has 2 atom stereocenters. The molecule has 0 spiro atoms. The van der Waals surface area contributed by atoms with Crippen molar-refractivity contribution >= 4 is 0 Å². The maximum absolute atomic E-state index is 5.29. The minimum atomic E-state index is -0.0423. The summed E-state index contributed by atoms with van der Waals surface area (Å²) in [6, 6.07) is 0. The Balaban J connectivity index is 2.61. The van der Waals surface area contributed by atoms with E-state index in [0.717, 1.165) is 0 Å². The monoisotopic (exact) mass is 184 g/mol. The van der Waals surface area contributed by atoms with Gasteiger partial charge in [-0.15, -0.1) is 0 Å². The highest BCUT2D eigenvalue weighted by molar-refractivity contribution is 5.06. The van der Waals surface area contributed by atoms with E-state index in [4.69, 9.17) is 9.47 Å². The zero-order valence-corrected chi connectivity index (χ0v) is 9.04. The summed E-state index contributed by atoms with van der Waals surface area (Å²) in [5.41, 5.74) is 1.50. The van der Waals surface area contributed by atoms with Crippen molar-refractivity contribution in [3.8, 4) is 0 Å². The minimum absolute atomic E-state index is 0.0423. The first kappa shape index (κ1) is 10.7. The van der Waals surface area contributed by atoms with Gasteiger partial charge in [0.05, 0.1) is 0 Å². The van der Waals surface area contributed by atoms with Crippen molar-refractivity contribution < 1.29 is 9.47 Å². The van der Waals surface area contributed by atoms with Gasteiger partial charge in [-0.05, 0) is 25.7 Å². The zero-order valence-electron chi connectivity index (χ0n) is 9.04. The largest absolute Gasteiger partial charge is 0.356 e. The van der Waals surface area contributed by atoms with Crippen molar-refractivity contribution in [1.82, 2.24) is 0 Å². The smallest absolute Gasteiger partial charge is 0.160 e. The predicted molar refractivity (Wildman–Crippen MR) is 53.5 cm³/mol. The van der Waals surface area contributed by atoms with Gasteiger partial charge in [-0.25, -0.2) is 0 Å². The molecule has 1 aliphatic rings. The molecule has 0 aromatic heterocycles. The molecule has 0 unspecified atom stereocenters. The van der Waals surface area contributed by atoms with Gasteiger partial charge in [0.2, 0.25) is 0 Å². The van der Waals surface area contributed by atoms with Crippen LogP contribution in [0.2, 0.25) is 0 Å². The first-order valence-corrected chi connectivity index (χ1v) is 4.92. The number of ether oxygens (including phenoxy) is 2. The SMILES string of the molecule is COC(OC)[C@H]1CCC(C)=C[C@H]1C. The molecule has 1 rings (SSSR count). The second-order valence-electron chi connectivity index (χ2n) is 3.91. The van der Waals surface area contributed by atoms with Crippen molar-refractivity contribution in [3.05, 3.63) is 11.6 Å². The van der Waals surface area contributed by atoms with E-state index in [9.17, 15) is 0 Å². The fraction of sp³-hybridized carbons (Fsp3) is 0.818. The van der Waals surface area contributed by atoms with Crippen molar-refractivity contribution in [3.63, 3.8) is 0 Å². The Morgan fingerprint density at radius 2 is 2.00 bits per heavy atom. The number of hydrogen-bond acceptors (Lipinski definition) is 2. The van der Waals surface area contributed by atoms with Crippen LogP contribution in [0.25, 0.3) is 0 Å².